The van der Waals surface area contributed by atoms with Gasteiger partial charge in [0.05, 0.1) is 6.10 Å². The first-order valence-corrected chi connectivity index (χ1v) is 7.56. The molecule has 0 bridgehead atoms. The highest BCUT2D eigenvalue weighted by Crippen LogP contribution is 2.14. The van der Waals surface area contributed by atoms with Gasteiger partial charge in [-0.25, -0.2) is 0 Å². The van der Waals surface area contributed by atoms with E-state index in [1.54, 1.807) is 0 Å². The Kier molecular flexibility index (Phi) is 6.07. The van der Waals surface area contributed by atoms with Crippen LogP contribution in [0.4, 0.5) is 0 Å². The lowest BCUT2D eigenvalue weighted by atomic mass is 10.2. The van der Waals surface area contributed by atoms with Crippen LogP contribution in [0.5, 0.6) is 0 Å². The van der Waals surface area contributed by atoms with Gasteiger partial charge in [0.25, 0.3) is 0 Å². The molecule has 0 spiro atoms. The molecule has 1 atom stereocenters. The zero-order valence-electron chi connectivity index (χ0n) is 12.1. The molecule has 19 heavy (non-hydrogen) atoms. The van der Waals surface area contributed by atoms with Crippen LogP contribution in [0.1, 0.15) is 25.7 Å². The molecule has 2 heterocycles. The van der Waals surface area contributed by atoms with E-state index in [1.807, 2.05) is 11.9 Å². The van der Waals surface area contributed by atoms with Crippen LogP contribution in [0.3, 0.4) is 0 Å². The molecule has 2 fully saturated rings. The van der Waals surface area contributed by atoms with Gasteiger partial charge >= 0.3 is 0 Å². The first-order valence-electron chi connectivity index (χ1n) is 7.56. The smallest absolute Gasteiger partial charge is 0.222 e. The number of rotatable bonds is 6. The standard InChI is InChI=1S/C14H27N3O2/c1-15-6-2-5-14(18)17-9-7-16(8-10-17)12-13-4-3-11-19-13/h13,15H,2-12H2,1H3. The van der Waals surface area contributed by atoms with Crippen LogP contribution in [0, 0.1) is 0 Å². The molecular formula is C14H27N3O2. The van der Waals surface area contributed by atoms with Crippen LogP contribution in [0.25, 0.3) is 0 Å². The summed E-state index contributed by atoms with van der Waals surface area (Å²) < 4.78 is 5.67. The third-order valence-electron chi connectivity index (χ3n) is 4.03. The summed E-state index contributed by atoms with van der Waals surface area (Å²) in [4.78, 5) is 16.4. The first kappa shape index (κ1) is 14.8. The molecule has 1 unspecified atom stereocenters. The maximum Gasteiger partial charge on any atom is 0.222 e. The maximum atomic E-state index is 12.0. The predicted octanol–water partition coefficient (Wildman–Crippen LogP) is 0.309. The second-order valence-corrected chi connectivity index (χ2v) is 5.52. The highest BCUT2D eigenvalue weighted by atomic mass is 16.5. The van der Waals surface area contributed by atoms with E-state index >= 15 is 0 Å². The van der Waals surface area contributed by atoms with Crippen molar-refractivity contribution in [1.29, 1.82) is 0 Å². The fourth-order valence-corrected chi connectivity index (χ4v) is 2.83. The van der Waals surface area contributed by atoms with Gasteiger partial charge in [0.15, 0.2) is 0 Å². The van der Waals surface area contributed by atoms with Crippen LogP contribution in [0.15, 0.2) is 0 Å². The third kappa shape index (κ3) is 4.75. The highest BCUT2D eigenvalue weighted by Gasteiger charge is 2.24. The molecule has 5 nitrogen and oxygen atoms in total. The lowest BCUT2D eigenvalue weighted by Gasteiger charge is -2.35. The van der Waals surface area contributed by atoms with E-state index in [-0.39, 0.29) is 0 Å². The number of ether oxygens (including phenoxy) is 1. The van der Waals surface area contributed by atoms with Gasteiger partial charge in [0.1, 0.15) is 0 Å². The zero-order valence-corrected chi connectivity index (χ0v) is 12.1. The summed E-state index contributed by atoms with van der Waals surface area (Å²) in [5, 5.41) is 3.08. The zero-order chi connectivity index (χ0) is 13.5. The molecule has 2 aliphatic heterocycles. The Morgan fingerprint density at radius 3 is 2.74 bits per heavy atom. The minimum atomic E-state index is 0.312. The van der Waals surface area contributed by atoms with Crippen LogP contribution < -0.4 is 5.32 Å². The summed E-state index contributed by atoms with van der Waals surface area (Å²) in [6, 6.07) is 0. The van der Waals surface area contributed by atoms with Gasteiger partial charge in [-0.3, -0.25) is 9.69 Å². The average molecular weight is 269 g/mol. The molecule has 1 amide bonds. The molecule has 0 saturated carbocycles. The number of nitrogens with one attached hydrogen (secondary N) is 1. The summed E-state index contributed by atoms with van der Waals surface area (Å²) >= 11 is 0. The second-order valence-electron chi connectivity index (χ2n) is 5.52. The fourth-order valence-electron chi connectivity index (χ4n) is 2.83. The molecule has 0 radical (unpaired) electrons. The van der Waals surface area contributed by atoms with Crippen molar-refractivity contribution in [2.24, 2.45) is 0 Å². The van der Waals surface area contributed by atoms with Gasteiger partial charge in [-0.2, -0.15) is 0 Å². The van der Waals surface area contributed by atoms with E-state index in [0.29, 0.717) is 18.4 Å². The molecule has 2 saturated heterocycles. The molecule has 1 N–H and O–H groups in total. The molecule has 2 aliphatic rings. The van der Waals surface area contributed by atoms with Gasteiger partial charge in [0, 0.05) is 45.8 Å². The van der Waals surface area contributed by atoms with Crippen molar-refractivity contribution in [1.82, 2.24) is 15.1 Å². The second kappa shape index (κ2) is 7.82. The van der Waals surface area contributed by atoms with Crippen molar-refractivity contribution >= 4 is 5.91 Å². The van der Waals surface area contributed by atoms with Gasteiger partial charge in [-0.1, -0.05) is 0 Å². The fraction of sp³-hybridized carbons (Fsp3) is 0.929. The van der Waals surface area contributed by atoms with Crippen molar-refractivity contribution in [3.63, 3.8) is 0 Å². The SMILES string of the molecule is CNCCCC(=O)N1CCN(CC2CCCO2)CC1. The molecule has 5 heteroatoms. The van der Waals surface area contributed by atoms with E-state index in [0.717, 1.165) is 52.3 Å². The largest absolute Gasteiger partial charge is 0.377 e. The quantitative estimate of drug-likeness (QED) is 0.705. The highest BCUT2D eigenvalue weighted by molar-refractivity contribution is 5.76. The van der Waals surface area contributed by atoms with E-state index in [4.69, 9.17) is 4.74 Å². The molecule has 0 aromatic heterocycles. The maximum absolute atomic E-state index is 12.0. The van der Waals surface area contributed by atoms with Gasteiger partial charge in [-0.05, 0) is 32.9 Å². The summed E-state index contributed by atoms with van der Waals surface area (Å²) in [5.74, 6) is 0.312. The van der Waals surface area contributed by atoms with Gasteiger partial charge in [0.2, 0.25) is 5.91 Å². The number of hydrogen-bond donors (Lipinski definition) is 1. The molecular weight excluding hydrogens is 242 g/mol. The van der Waals surface area contributed by atoms with Crippen LogP contribution in [0.2, 0.25) is 0 Å². The Balaban J connectivity index is 1.62. The van der Waals surface area contributed by atoms with Crippen molar-refractivity contribution in [3.8, 4) is 0 Å². The summed E-state index contributed by atoms with van der Waals surface area (Å²) in [5.41, 5.74) is 0. The molecule has 110 valence electrons. The number of amides is 1. The Morgan fingerprint density at radius 1 is 1.32 bits per heavy atom. The number of carbonyl (C=O) groups excluding carboxylic acids is 1. The number of hydrogen-bond acceptors (Lipinski definition) is 4. The third-order valence-corrected chi connectivity index (χ3v) is 4.03. The lowest BCUT2D eigenvalue weighted by Crippen LogP contribution is -2.50. The number of carbonyl (C=O) groups is 1. The summed E-state index contributed by atoms with van der Waals surface area (Å²) in [7, 11) is 1.92. The molecule has 0 aliphatic carbocycles. The van der Waals surface area contributed by atoms with Crippen LogP contribution in [-0.4, -0.2) is 74.7 Å². The van der Waals surface area contributed by atoms with Crippen molar-refractivity contribution in [2.45, 2.75) is 31.8 Å². The topological polar surface area (TPSA) is 44.8 Å². The average Bonchev–Trinajstić information content (AvgIpc) is 2.93. The Bertz CT molecular complexity index is 272. The van der Waals surface area contributed by atoms with E-state index in [9.17, 15) is 4.79 Å². The predicted molar refractivity (Wildman–Crippen MR) is 75.2 cm³/mol. The van der Waals surface area contributed by atoms with Crippen molar-refractivity contribution in [2.75, 3.05) is 52.9 Å². The van der Waals surface area contributed by atoms with Crippen molar-refractivity contribution < 1.29 is 9.53 Å². The normalized spacial score (nSPS) is 24.9. The Hall–Kier alpha value is -0.650. The van der Waals surface area contributed by atoms with Crippen LogP contribution in [-0.2, 0) is 9.53 Å². The summed E-state index contributed by atoms with van der Waals surface area (Å²) in [6.45, 7) is 6.65. The molecule has 0 aromatic carbocycles. The summed E-state index contributed by atoms with van der Waals surface area (Å²) in [6.07, 6.45) is 4.44. The van der Waals surface area contributed by atoms with Gasteiger partial charge in [-0.15, -0.1) is 0 Å². The van der Waals surface area contributed by atoms with E-state index in [1.165, 1.54) is 12.8 Å². The van der Waals surface area contributed by atoms with Crippen molar-refractivity contribution in [3.05, 3.63) is 0 Å². The number of nitrogens with zero attached hydrogens (tertiary/aromatic N) is 2. The van der Waals surface area contributed by atoms with Crippen LogP contribution >= 0.6 is 0 Å². The van der Waals surface area contributed by atoms with E-state index < -0.39 is 0 Å². The Morgan fingerprint density at radius 2 is 2.11 bits per heavy atom. The lowest BCUT2D eigenvalue weighted by molar-refractivity contribution is -0.133. The minimum absolute atomic E-state index is 0.312. The Labute approximate surface area is 116 Å². The monoisotopic (exact) mass is 269 g/mol. The molecule has 0 aromatic rings. The minimum Gasteiger partial charge on any atom is -0.377 e. The van der Waals surface area contributed by atoms with E-state index in [2.05, 4.69) is 10.2 Å². The first-order chi connectivity index (χ1) is 9.29. The molecule has 2 rings (SSSR count). The van der Waals surface area contributed by atoms with Gasteiger partial charge < -0.3 is 15.0 Å². The number of piperazine rings is 1.